The molecule has 2 nitrogen and oxygen atoms in total. The second-order valence-corrected chi connectivity index (χ2v) is 6.28. The van der Waals surface area contributed by atoms with Gasteiger partial charge in [-0.1, -0.05) is 29.3 Å². The van der Waals surface area contributed by atoms with E-state index < -0.39 is 0 Å². The van der Waals surface area contributed by atoms with Crippen LogP contribution in [0.1, 0.15) is 42.5 Å². The van der Waals surface area contributed by atoms with Crippen molar-refractivity contribution in [3.63, 3.8) is 0 Å². The second-order valence-electron chi connectivity index (χ2n) is 6.28. The van der Waals surface area contributed by atoms with Gasteiger partial charge in [-0.2, -0.15) is 0 Å². The van der Waals surface area contributed by atoms with Gasteiger partial charge in [-0.15, -0.1) is 0 Å². The minimum absolute atomic E-state index is 0.421. The normalized spacial score (nSPS) is 18.6. The van der Waals surface area contributed by atoms with Gasteiger partial charge in [0.2, 0.25) is 0 Å². The van der Waals surface area contributed by atoms with Gasteiger partial charge < -0.3 is 10.2 Å². The molecule has 0 spiro atoms. The number of hydrogen-bond donors (Lipinski definition) is 1. The molecule has 19 heavy (non-hydrogen) atoms. The van der Waals surface area contributed by atoms with E-state index in [9.17, 15) is 0 Å². The molecule has 0 amide bonds. The highest BCUT2D eigenvalue weighted by Gasteiger charge is 2.31. The monoisotopic (exact) mass is 260 g/mol. The Morgan fingerprint density at radius 1 is 1.21 bits per heavy atom. The fraction of sp³-hybridized carbons (Fsp3) is 0.647. The van der Waals surface area contributed by atoms with Gasteiger partial charge in [0.15, 0.2) is 0 Å². The molecule has 0 radical (unpaired) electrons. The van der Waals surface area contributed by atoms with E-state index >= 15 is 0 Å². The summed E-state index contributed by atoms with van der Waals surface area (Å²) in [5, 5.41) is 3.48. The standard InChI is InChI=1S/C17H28N2/c1-12-8-13(2)10-16(9-12)17(18-4)11-19(5)14(3)15-6-7-15/h8-10,14-15,17-18H,6-7,11H2,1-5H3. The Balaban J connectivity index is 2.06. The lowest BCUT2D eigenvalue weighted by atomic mass is 10.0. The molecule has 2 atom stereocenters. The Labute approximate surface area is 118 Å². The van der Waals surface area contributed by atoms with Crippen LogP contribution in [0.3, 0.4) is 0 Å². The van der Waals surface area contributed by atoms with E-state index in [-0.39, 0.29) is 0 Å². The molecule has 2 heteroatoms. The number of aryl methyl sites for hydroxylation is 2. The predicted octanol–water partition coefficient (Wildman–Crippen LogP) is 3.29. The summed E-state index contributed by atoms with van der Waals surface area (Å²) in [5.74, 6) is 0.932. The number of benzene rings is 1. The summed E-state index contributed by atoms with van der Waals surface area (Å²) >= 11 is 0. The summed E-state index contributed by atoms with van der Waals surface area (Å²) < 4.78 is 0. The van der Waals surface area contributed by atoms with Crippen molar-refractivity contribution in [2.45, 2.75) is 45.7 Å². The van der Waals surface area contributed by atoms with E-state index in [0.717, 1.165) is 12.5 Å². The number of likely N-dealkylation sites (N-methyl/N-ethyl adjacent to an activating group) is 2. The van der Waals surface area contributed by atoms with Crippen LogP contribution >= 0.6 is 0 Å². The van der Waals surface area contributed by atoms with Crippen LogP contribution in [0.5, 0.6) is 0 Å². The maximum atomic E-state index is 3.48. The van der Waals surface area contributed by atoms with E-state index in [0.29, 0.717) is 12.1 Å². The zero-order chi connectivity index (χ0) is 14.0. The summed E-state index contributed by atoms with van der Waals surface area (Å²) in [6.07, 6.45) is 2.83. The molecule has 1 N–H and O–H groups in total. The van der Waals surface area contributed by atoms with E-state index in [4.69, 9.17) is 0 Å². The Kier molecular flexibility index (Phi) is 4.64. The zero-order valence-electron chi connectivity index (χ0n) is 13.0. The van der Waals surface area contributed by atoms with Crippen LogP contribution in [0.15, 0.2) is 18.2 Å². The molecule has 0 saturated heterocycles. The van der Waals surface area contributed by atoms with Gasteiger partial charge in [0.05, 0.1) is 0 Å². The van der Waals surface area contributed by atoms with Crippen molar-refractivity contribution in [1.82, 2.24) is 10.2 Å². The summed E-state index contributed by atoms with van der Waals surface area (Å²) in [4.78, 5) is 2.51. The summed E-state index contributed by atoms with van der Waals surface area (Å²) in [6, 6.07) is 7.99. The Morgan fingerprint density at radius 3 is 2.26 bits per heavy atom. The highest BCUT2D eigenvalue weighted by molar-refractivity contribution is 5.30. The fourth-order valence-corrected chi connectivity index (χ4v) is 2.97. The number of nitrogens with zero attached hydrogens (tertiary/aromatic N) is 1. The second kappa shape index (κ2) is 6.06. The largest absolute Gasteiger partial charge is 0.312 e. The maximum Gasteiger partial charge on any atom is 0.0447 e. The highest BCUT2D eigenvalue weighted by atomic mass is 15.2. The molecular weight excluding hydrogens is 232 g/mol. The lowest BCUT2D eigenvalue weighted by Crippen LogP contribution is -2.37. The lowest BCUT2D eigenvalue weighted by molar-refractivity contribution is 0.213. The first kappa shape index (κ1) is 14.5. The fourth-order valence-electron chi connectivity index (χ4n) is 2.97. The van der Waals surface area contributed by atoms with Gasteiger partial charge in [-0.3, -0.25) is 0 Å². The maximum absolute atomic E-state index is 3.48. The van der Waals surface area contributed by atoms with Crippen LogP contribution < -0.4 is 5.32 Å². The van der Waals surface area contributed by atoms with Gasteiger partial charge in [-0.25, -0.2) is 0 Å². The molecule has 2 rings (SSSR count). The molecule has 1 saturated carbocycles. The van der Waals surface area contributed by atoms with Crippen LogP contribution in [-0.2, 0) is 0 Å². The van der Waals surface area contributed by atoms with Crippen molar-refractivity contribution < 1.29 is 0 Å². The minimum Gasteiger partial charge on any atom is -0.312 e. The average molecular weight is 260 g/mol. The smallest absolute Gasteiger partial charge is 0.0447 e. The number of rotatable bonds is 6. The molecule has 0 heterocycles. The van der Waals surface area contributed by atoms with Crippen LogP contribution in [-0.4, -0.2) is 31.6 Å². The van der Waals surface area contributed by atoms with Crippen molar-refractivity contribution in [1.29, 1.82) is 0 Å². The van der Waals surface area contributed by atoms with Gasteiger partial charge in [-0.05, 0) is 59.2 Å². The Hall–Kier alpha value is -0.860. The Bertz CT molecular complexity index is 403. The molecule has 106 valence electrons. The quantitative estimate of drug-likeness (QED) is 0.844. The lowest BCUT2D eigenvalue weighted by Gasteiger charge is -2.29. The number of nitrogens with one attached hydrogen (secondary N) is 1. The molecule has 1 fully saturated rings. The molecule has 0 bridgehead atoms. The van der Waals surface area contributed by atoms with Gasteiger partial charge in [0, 0.05) is 18.6 Å². The summed E-state index contributed by atoms with van der Waals surface area (Å²) in [5.41, 5.74) is 4.12. The van der Waals surface area contributed by atoms with Crippen molar-refractivity contribution >= 4 is 0 Å². The topological polar surface area (TPSA) is 15.3 Å². The summed E-state index contributed by atoms with van der Waals surface area (Å²) in [6.45, 7) is 7.81. The third-order valence-corrected chi connectivity index (χ3v) is 4.46. The molecule has 1 aromatic carbocycles. The third kappa shape index (κ3) is 3.80. The molecule has 0 aromatic heterocycles. The molecular formula is C17H28N2. The minimum atomic E-state index is 0.421. The van der Waals surface area contributed by atoms with Crippen LogP contribution in [0.4, 0.5) is 0 Å². The van der Waals surface area contributed by atoms with E-state index in [1.165, 1.54) is 29.5 Å². The molecule has 1 aliphatic rings. The molecule has 1 aromatic rings. The van der Waals surface area contributed by atoms with E-state index in [1.807, 2.05) is 0 Å². The predicted molar refractivity (Wildman–Crippen MR) is 82.5 cm³/mol. The molecule has 2 unspecified atom stereocenters. The van der Waals surface area contributed by atoms with Gasteiger partial charge >= 0.3 is 0 Å². The Morgan fingerprint density at radius 2 is 1.79 bits per heavy atom. The van der Waals surface area contributed by atoms with Gasteiger partial charge in [0.25, 0.3) is 0 Å². The zero-order valence-corrected chi connectivity index (χ0v) is 13.0. The van der Waals surface area contributed by atoms with Crippen molar-refractivity contribution in [2.75, 3.05) is 20.6 Å². The first-order valence-corrected chi connectivity index (χ1v) is 7.47. The summed E-state index contributed by atoms with van der Waals surface area (Å²) in [7, 11) is 4.33. The van der Waals surface area contributed by atoms with E-state index in [2.05, 4.69) is 63.3 Å². The van der Waals surface area contributed by atoms with Crippen molar-refractivity contribution in [3.05, 3.63) is 34.9 Å². The van der Waals surface area contributed by atoms with Crippen molar-refractivity contribution in [2.24, 2.45) is 5.92 Å². The van der Waals surface area contributed by atoms with Crippen LogP contribution in [0.2, 0.25) is 0 Å². The third-order valence-electron chi connectivity index (χ3n) is 4.46. The first-order valence-electron chi connectivity index (χ1n) is 7.47. The molecule has 0 aliphatic heterocycles. The number of hydrogen-bond acceptors (Lipinski definition) is 2. The highest BCUT2D eigenvalue weighted by Crippen LogP contribution is 2.35. The van der Waals surface area contributed by atoms with Crippen molar-refractivity contribution in [3.8, 4) is 0 Å². The van der Waals surface area contributed by atoms with E-state index in [1.54, 1.807) is 0 Å². The van der Waals surface area contributed by atoms with Crippen LogP contribution in [0, 0.1) is 19.8 Å². The first-order chi connectivity index (χ1) is 9.01. The van der Waals surface area contributed by atoms with Crippen LogP contribution in [0.25, 0.3) is 0 Å². The molecule has 1 aliphatic carbocycles. The average Bonchev–Trinajstić information content (AvgIpc) is 3.17. The SMILES string of the molecule is CNC(CN(C)C(C)C1CC1)c1cc(C)cc(C)c1. The van der Waals surface area contributed by atoms with Gasteiger partial charge in [0.1, 0.15) is 0 Å².